The van der Waals surface area contributed by atoms with Crippen molar-refractivity contribution >= 4 is 27.6 Å². The van der Waals surface area contributed by atoms with E-state index in [-0.39, 0.29) is 12.0 Å². The lowest BCUT2D eigenvalue weighted by Crippen LogP contribution is -2.30. The topological polar surface area (TPSA) is 47.6 Å². The highest BCUT2D eigenvalue weighted by Crippen LogP contribution is 2.32. The fourth-order valence-corrected chi connectivity index (χ4v) is 2.25. The van der Waals surface area contributed by atoms with Crippen molar-refractivity contribution in [3.8, 4) is 5.75 Å². The van der Waals surface area contributed by atoms with Crippen molar-refractivity contribution in [3.05, 3.63) is 22.2 Å². The minimum absolute atomic E-state index is 0.276. The first-order chi connectivity index (χ1) is 8.53. The van der Waals surface area contributed by atoms with E-state index in [2.05, 4.69) is 21.2 Å². The smallest absolute Gasteiger partial charge is 0.328 e. The number of ether oxygens (including phenoxy) is 2. The molecule has 1 N–H and O–H groups in total. The summed E-state index contributed by atoms with van der Waals surface area (Å²) in [7, 11) is 2.99. The number of halogens is 1. The zero-order valence-electron chi connectivity index (χ0n) is 11.0. The molecule has 0 radical (unpaired) electrons. The number of aryl methyl sites for hydroxylation is 1. The Labute approximate surface area is 116 Å². The van der Waals surface area contributed by atoms with E-state index in [1.165, 1.54) is 7.11 Å². The van der Waals surface area contributed by atoms with E-state index in [9.17, 15) is 4.79 Å². The molecule has 0 saturated heterocycles. The normalized spacial score (nSPS) is 11.8. The van der Waals surface area contributed by atoms with Crippen LogP contribution in [0.3, 0.4) is 0 Å². The van der Waals surface area contributed by atoms with Gasteiger partial charge in [0.25, 0.3) is 0 Å². The van der Waals surface area contributed by atoms with Gasteiger partial charge in [-0.05, 0) is 31.0 Å². The maximum atomic E-state index is 11.6. The summed E-state index contributed by atoms with van der Waals surface area (Å²) in [5.41, 5.74) is 1.82. The molecular weight excluding hydrogens is 298 g/mol. The molecule has 0 aliphatic heterocycles. The Morgan fingerprint density at radius 2 is 2.11 bits per heavy atom. The van der Waals surface area contributed by atoms with Gasteiger partial charge < -0.3 is 14.8 Å². The zero-order valence-corrected chi connectivity index (χ0v) is 12.6. The number of methoxy groups -OCH3 is 2. The van der Waals surface area contributed by atoms with Crippen LogP contribution in [0.1, 0.15) is 18.9 Å². The third kappa shape index (κ3) is 3.38. The van der Waals surface area contributed by atoms with Crippen molar-refractivity contribution in [2.24, 2.45) is 0 Å². The third-order valence-electron chi connectivity index (χ3n) is 2.70. The minimum atomic E-state index is -0.372. The Bertz CT molecular complexity index is 434. The summed E-state index contributed by atoms with van der Waals surface area (Å²) in [4.78, 5) is 11.6. The van der Waals surface area contributed by atoms with Gasteiger partial charge in [0.1, 0.15) is 11.8 Å². The SMILES string of the molecule is CCC(Nc1c(C)cc(Br)cc1OC)C(=O)OC. The van der Waals surface area contributed by atoms with Gasteiger partial charge in [-0.1, -0.05) is 22.9 Å². The van der Waals surface area contributed by atoms with E-state index < -0.39 is 0 Å². The van der Waals surface area contributed by atoms with Crippen LogP contribution in [0.15, 0.2) is 16.6 Å². The van der Waals surface area contributed by atoms with Crippen LogP contribution in [0.4, 0.5) is 5.69 Å². The standard InChI is InChI=1S/C13H18BrNO3/c1-5-10(13(16)18-4)15-12-8(2)6-9(14)7-11(12)17-3/h6-7,10,15H,5H2,1-4H3. The van der Waals surface area contributed by atoms with Gasteiger partial charge in [-0.15, -0.1) is 0 Å². The van der Waals surface area contributed by atoms with Crippen LogP contribution in [0, 0.1) is 6.92 Å². The van der Waals surface area contributed by atoms with E-state index >= 15 is 0 Å². The molecule has 0 saturated carbocycles. The number of carbonyl (C=O) groups is 1. The van der Waals surface area contributed by atoms with Gasteiger partial charge in [-0.3, -0.25) is 0 Å². The number of rotatable bonds is 5. The van der Waals surface area contributed by atoms with Crippen molar-refractivity contribution in [2.45, 2.75) is 26.3 Å². The molecule has 1 aromatic carbocycles. The van der Waals surface area contributed by atoms with Crippen molar-refractivity contribution in [2.75, 3.05) is 19.5 Å². The largest absolute Gasteiger partial charge is 0.495 e. The van der Waals surface area contributed by atoms with Gasteiger partial charge in [-0.2, -0.15) is 0 Å². The fraction of sp³-hybridized carbons (Fsp3) is 0.462. The molecule has 1 atom stereocenters. The molecule has 0 aliphatic rings. The zero-order chi connectivity index (χ0) is 13.7. The van der Waals surface area contributed by atoms with Crippen LogP contribution in [0.25, 0.3) is 0 Å². The second-order valence-electron chi connectivity index (χ2n) is 3.93. The van der Waals surface area contributed by atoms with Crippen LogP contribution >= 0.6 is 15.9 Å². The number of nitrogens with one attached hydrogen (secondary N) is 1. The second-order valence-corrected chi connectivity index (χ2v) is 4.84. The number of esters is 1. The highest BCUT2D eigenvalue weighted by atomic mass is 79.9. The van der Waals surface area contributed by atoms with Gasteiger partial charge in [0.2, 0.25) is 0 Å². The first kappa shape index (κ1) is 14.8. The lowest BCUT2D eigenvalue weighted by molar-refractivity contribution is -0.141. The molecule has 5 heteroatoms. The van der Waals surface area contributed by atoms with Crippen LogP contribution in [0.5, 0.6) is 5.75 Å². The monoisotopic (exact) mass is 315 g/mol. The molecule has 0 fully saturated rings. The lowest BCUT2D eigenvalue weighted by atomic mass is 10.1. The quantitative estimate of drug-likeness (QED) is 0.848. The second kappa shape index (κ2) is 6.64. The summed E-state index contributed by atoms with van der Waals surface area (Å²) in [6.45, 7) is 3.88. The highest BCUT2D eigenvalue weighted by molar-refractivity contribution is 9.10. The van der Waals surface area contributed by atoms with Crippen molar-refractivity contribution < 1.29 is 14.3 Å². The molecule has 0 spiro atoms. The molecular formula is C13H18BrNO3. The molecule has 0 heterocycles. The Hall–Kier alpha value is -1.23. The summed E-state index contributed by atoms with van der Waals surface area (Å²) in [5.74, 6) is 0.422. The molecule has 0 aliphatic carbocycles. The molecule has 1 aromatic rings. The predicted molar refractivity (Wildman–Crippen MR) is 75.1 cm³/mol. The fourth-order valence-electron chi connectivity index (χ4n) is 1.70. The van der Waals surface area contributed by atoms with Crippen LogP contribution < -0.4 is 10.1 Å². The van der Waals surface area contributed by atoms with E-state index in [4.69, 9.17) is 9.47 Å². The van der Waals surface area contributed by atoms with Crippen molar-refractivity contribution in [3.63, 3.8) is 0 Å². The summed E-state index contributed by atoms with van der Waals surface area (Å²) in [6.07, 6.45) is 0.644. The van der Waals surface area contributed by atoms with E-state index in [1.807, 2.05) is 26.0 Å². The first-order valence-electron chi connectivity index (χ1n) is 5.72. The Balaban J connectivity index is 3.05. The number of anilines is 1. The van der Waals surface area contributed by atoms with E-state index in [1.54, 1.807) is 7.11 Å². The third-order valence-corrected chi connectivity index (χ3v) is 3.15. The van der Waals surface area contributed by atoms with Crippen molar-refractivity contribution in [1.82, 2.24) is 0 Å². The summed E-state index contributed by atoms with van der Waals surface area (Å²) in [5, 5.41) is 3.17. The minimum Gasteiger partial charge on any atom is -0.495 e. The summed E-state index contributed by atoms with van der Waals surface area (Å²) >= 11 is 3.41. The molecule has 18 heavy (non-hydrogen) atoms. The Morgan fingerprint density at radius 3 is 2.61 bits per heavy atom. The number of hydrogen-bond donors (Lipinski definition) is 1. The lowest BCUT2D eigenvalue weighted by Gasteiger charge is -2.20. The van der Waals surface area contributed by atoms with E-state index in [0.29, 0.717) is 12.2 Å². The van der Waals surface area contributed by atoms with E-state index in [0.717, 1.165) is 15.7 Å². The molecule has 0 aromatic heterocycles. The average Bonchev–Trinajstić information content (AvgIpc) is 2.36. The molecule has 100 valence electrons. The highest BCUT2D eigenvalue weighted by Gasteiger charge is 2.19. The van der Waals surface area contributed by atoms with Crippen LogP contribution in [0.2, 0.25) is 0 Å². The van der Waals surface area contributed by atoms with Gasteiger partial charge in [0.05, 0.1) is 19.9 Å². The number of benzene rings is 1. The van der Waals surface area contributed by atoms with Gasteiger partial charge in [-0.25, -0.2) is 4.79 Å². The van der Waals surface area contributed by atoms with Crippen LogP contribution in [-0.2, 0) is 9.53 Å². The van der Waals surface area contributed by atoms with Gasteiger partial charge in [0.15, 0.2) is 0 Å². The predicted octanol–water partition coefficient (Wildman–Crippen LogP) is 3.13. The summed E-state index contributed by atoms with van der Waals surface area (Å²) in [6, 6.07) is 3.46. The molecule has 1 rings (SSSR count). The van der Waals surface area contributed by atoms with Gasteiger partial charge >= 0.3 is 5.97 Å². The molecule has 0 bridgehead atoms. The molecule has 4 nitrogen and oxygen atoms in total. The molecule has 0 amide bonds. The van der Waals surface area contributed by atoms with Crippen LogP contribution in [-0.4, -0.2) is 26.2 Å². The first-order valence-corrected chi connectivity index (χ1v) is 6.51. The number of hydrogen-bond acceptors (Lipinski definition) is 4. The van der Waals surface area contributed by atoms with Crippen molar-refractivity contribution in [1.29, 1.82) is 0 Å². The average molecular weight is 316 g/mol. The Kier molecular flexibility index (Phi) is 5.47. The Morgan fingerprint density at radius 1 is 1.44 bits per heavy atom. The molecule has 1 unspecified atom stereocenters. The maximum absolute atomic E-state index is 11.6. The maximum Gasteiger partial charge on any atom is 0.328 e. The van der Waals surface area contributed by atoms with Gasteiger partial charge in [0, 0.05) is 4.47 Å². The number of carbonyl (C=O) groups excluding carboxylic acids is 1. The summed E-state index contributed by atoms with van der Waals surface area (Å²) < 4.78 is 11.0.